The first-order valence-corrected chi connectivity index (χ1v) is 26.6. The molecule has 3 aromatic heterocycles. The smallest absolute Gasteiger partial charge is 0.355 e. The molecule has 15 nitrogen and oxygen atoms in total. The Morgan fingerprint density at radius 1 is 0.877 bits per heavy atom. The first-order chi connectivity index (χ1) is 35.4. The predicted octanol–water partition coefficient (Wildman–Crippen LogP) is 9.52. The van der Waals surface area contributed by atoms with E-state index in [-0.39, 0.29) is 29.5 Å². The van der Waals surface area contributed by atoms with Crippen LogP contribution in [-0.4, -0.2) is 98.3 Å². The van der Waals surface area contributed by atoms with Crippen molar-refractivity contribution in [2.45, 2.75) is 96.2 Å². The molecule has 0 unspecified atom stereocenters. The summed E-state index contributed by atoms with van der Waals surface area (Å²) >= 11 is 1.44. The Bertz CT molecular complexity index is 3240. The molecule has 3 aliphatic heterocycles. The number of carboxylic acid groups (broad SMARTS) is 1. The van der Waals surface area contributed by atoms with Crippen molar-refractivity contribution in [3.63, 3.8) is 0 Å². The summed E-state index contributed by atoms with van der Waals surface area (Å²) in [4.78, 5) is 67.5. The average Bonchev–Trinajstić information content (AvgIpc) is 3.96. The number of amides is 3. The number of anilines is 3. The average molecular weight is 1000 g/mol. The van der Waals surface area contributed by atoms with Crippen LogP contribution in [0.15, 0.2) is 91.0 Å². The molecule has 0 bridgehead atoms. The summed E-state index contributed by atoms with van der Waals surface area (Å²) in [6.45, 7) is 9.34. The van der Waals surface area contributed by atoms with Gasteiger partial charge in [-0.1, -0.05) is 47.7 Å². The number of ether oxygens (including phenoxy) is 1. The molecule has 2 atom stereocenters. The van der Waals surface area contributed by atoms with Crippen LogP contribution < -0.4 is 25.2 Å². The zero-order chi connectivity index (χ0) is 50.3. The van der Waals surface area contributed by atoms with E-state index in [0.717, 1.165) is 112 Å². The topological polar surface area (TPSA) is 175 Å². The molecule has 376 valence electrons. The SMILES string of the molecule is Cc1c(OC2CCC(CCCN3CCN(c4ccc5c([C@H]6CCC(=O)NC6=O)nn(C)c5c4)C[C@H]3C)CC2)cccc1-c1ccc(N2CCc3cccc(C(=O)Nc4nc5ccccc5s4)c3C2)nc1C(=O)O. The number of rotatable bonds is 13. The van der Waals surface area contributed by atoms with Crippen LogP contribution in [0.25, 0.3) is 32.2 Å². The molecule has 6 heterocycles. The highest BCUT2D eigenvalue weighted by Gasteiger charge is 2.33. The fourth-order valence-corrected chi connectivity index (χ4v) is 12.5. The largest absolute Gasteiger partial charge is 0.490 e. The highest BCUT2D eigenvalue weighted by molar-refractivity contribution is 7.22. The minimum atomic E-state index is -1.10. The van der Waals surface area contributed by atoms with Crippen LogP contribution in [0.4, 0.5) is 16.6 Å². The number of carboxylic acids is 1. The van der Waals surface area contributed by atoms with Crippen LogP contribution in [0.2, 0.25) is 0 Å². The quantitative estimate of drug-likeness (QED) is 0.0935. The third-order valence-electron chi connectivity index (χ3n) is 15.7. The van der Waals surface area contributed by atoms with Gasteiger partial charge in [0.2, 0.25) is 11.8 Å². The molecular formula is C57H61N9O6S. The summed E-state index contributed by atoms with van der Waals surface area (Å²) < 4.78 is 9.56. The van der Waals surface area contributed by atoms with Gasteiger partial charge in [0.15, 0.2) is 10.8 Å². The number of piperazine rings is 1. The van der Waals surface area contributed by atoms with Crippen molar-refractivity contribution in [1.29, 1.82) is 0 Å². The van der Waals surface area contributed by atoms with Crippen molar-refractivity contribution in [3.8, 4) is 16.9 Å². The van der Waals surface area contributed by atoms with Gasteiger partial charge in [-0.2, -0.15) is 5.10 Å². The number of aromatic nitrogens is 4. The molecule has 3 fully saturated rings. The van der Waals surface area contributed by atoms with E-state index >= 15 is 0 Å². The Hall–Kier alpha value is -7.17. The first kappa shape index (κ1) is 48.1. The van der Waals surface area contributed by atoms with Crippen molar-refractivity contribution in [2.75, 3.05) is 47.8 Å². The Labute approximate surface area is 428 Å². The minimum absolute atomic E-state index is 0.0201. The number of carbonyl (C=O) groups is 4. The van der Waals surface area contributed by atoms with Gasteiger partial charge in [0.05, 0.1) is 33.4 Å². The van der Waals surface area contributed by atoms with E-state index < -0.39 is 11.9 Å². The maximum absolute atomic E-state index is 13.7. The van der Waals surface area contributed by atoms with Crippen LogP contribution in [0.1, 0.15) is 107 Å². The van der Waals surface area contributed by atoms with Crippen molar-refractivity contribution in [3.05, 3.63) is 125 Å². The predicted molar refractivity (Wildman–Crippen MR) is 285 cm³/mol. The van der Waals surface area contributed by atoms with Gasteiger partial charge < -0.3 is 19.6 Å². The zero-order valence-corrected chi connectivity index (χ0v) is 42.4. The van der Waals surface area contributed by atoms with Gasteiger partial charge in [-0.3, -0.25) is 34.6 Å². The molecule has 7 aromatic rings. The van der Waals surface area contributed by atoms with Gasteiger partial charge in [0.25, 0.3) is 5.91 Å². The summed E-state index contributed by atoms with van der Waals surface area (Å²) in [6, 6.07) is 30.0. The first-order valence-electron chi connectivity index (χ1n) is 25.8. The second kappa shape index (κ2) is 20.4. The lowest BCUT2D eigenvalue weighted by Crippen LogP contribution is -2.52. The van der Waals surface area contributed by atoms with Crippen molar-refractivity contribution >= 4 is 72.8 Å². The van der Waals surface area contributed by atoms with Gasteiger partial charge in [-0.05, 0) is 155 Å². The molecule has 0 radical (unpaired) electrons. The Balaban J connectivity index is 0.670. The molecule has 11 rings (SSSR count). The monoisotopic (exact) mass is 999 g/mol. The lowest BCUT2D eigenvalue weighted by Gasteiger charge is -2.41. The Morgan fingerprint density at radius 3 is 2.52 bits per heavy atom. The van der Waals surface area contributed by atoms with E-state index in [9.17, 15) is 24.3 Å². The molecule has 2 saturated heterocycles. The third-order valence-corrected chi connectivity index (χ3v) is 16.7. The van der Waals surface area contributed by atoms with E-state index in [2.05, 4.69) is 50.5 Å². The second-order valence-electron chi connectivity index (χ2n) is 20.3. The summed E-state index contributed by atoms with van der Waals surface area (Å²) in [5, 5.41) is 22.3. The lowest BCUT2D eigenvalue weighted by molar-refractivity contribution is -0.134. The Morgan fingerprint density at radius 2 is 1.71 bits per heavy atom. The molecule has 4 aromatic carbocycles. The van der Waals surface area contributed by atoms with E-state index in [1.165, 1.54) is 24.2 Å². The normalized spacial score (nSPS) is 20.5. The van der Waals surface area contributed by atoms with Gasteiger partial charge in [-0.15, -0.1) is 0 Å². The number of hydrogen-bond acceptors (Lipinski definition) is 12. The summed E-state index contributed by atoms with van der Waals surface area (Å²) in [7, 11) is 1.92. The highest BCUT2D eigenvalue weighted by Crippen LogP contribution is 2.38. The van der Waals surface area contributed by atoms with Crippen LogP contribution >= 0.6 is 11.3 Å². The molecule has 0 spiro atoms. The number of aromatic carboxylic acids is 1. The van der Waals surface area contributed by atoms with Gasteiger partial charge in [0.1, 0.15) is 11.6 Å². The number of nitrogens with one attached hydrogen (secondary N) is 2. The van der Waals surface area contributed by atoms with E-state index in [0.29, 0.717) is 66.4 Å². The van der Waals surface area contributed by atoms with E-state index in [1.807, 2.05) is 96.3 Å². The highest BCUT2D eigenvalue weighted by atomic mass is 32.1. The number of nitrogens with zero attached hydrogens (tertiary/aromatic N) is 7. The fraction of sp³-hybridized carbons (Fsp3) is 0.386. The van der Waals surface area contributed by atoms with Gasteiger partial charge >= 0.3 is 5.97 Å². The van der Waals surface area contributed by atoms with Gasteiger partial charge in [-0.25, -0.2) is 14.8 Å². The van der Waals surface area contributed by atoms with Gasteiger partial charge in [0, 0.05) is 74.4 Å². The minimum Gasteiger partial charge on any atom is -0.490 e. The third kappa shape index (κ3) is 9.89. The lowest BCUT2D eigenvalue weighted by atomic mass is 9.84. The summed E-state index contributed by atoms with van der Waals surface area (Å²) in [6.07, 6.45) is 8.19. The maximum atomic E-state index is 13.7. The number of hydrogen-bond donors (Lipinski definition) is 3. The van der Waals surface area contributed by atoms with Crippen molar-refractivity contribution in [2.24, 2.45) is 13.0 Å². The molecule has 1 saturated carbocycles. The number of benzene rings is 4. The zero-order valence-electron chi connectivity index (χ0n) is 41.6. The number of pyridine rings is 1. The van der Waals surface area contributed by atoms with Crippen LogP contribution in [0.5, 0.6) is 5.75 Å². The summed E-state index contributed by atoms with van der Waals surface area (Å²) in [5.41, 5.74) is 8.49. The standard InChI is InChI=1S/C57H61N9O6S/c1-34-32-65(38-18-21-43-47(31-38)63(3)62-52(43)44-23-25-51(67)60-55(44)69)30-29-64(34)27-8-9-36-16-19-39(20-17-36)72-48-14-7-11-40(35(48)2)41-22-24-50(59-53(41)56(70)71)66-28-26-37-10-6-12-42(45(37)33-66)54(68)61-57-58-46-13-4-5-15-49(46)73-57/h4-7,10-15,18,21-22,24,31,34,36,39,44H,8-9,16-17,19-20,23,25-30,32-33H2,1-3H3,(H,70,71)(H,58,61,68)(H,60,67,69)/t34-,36?,39?,44-/m1/s1. The number of carbonyl (C=O) groups excluding carboxylic acids is 3. The van der Waals surface area contributed by atoms with Crippen LogP contribution in [0, 0.1) is 12.8 Å². The molecule has 16 heteroatoms. The second-order valence-corrected chi connectivity index (χ2v) is 21.3. The number of fused-ring (bicyclic) bond motifs is 3. The fourth-order valence-electron chi connectivity index (χ4n) is 11.7. The molecule has 3 N–H and O–H groups in total. The molecule has 1 aliphatic carbocycles. The molecule has 73 heavy (non-hydrogen) atoms. The maximum Gasteiger partial charge on any atom is 0.355 e. The van der Waals surface area contributed by atoms with Crippen molar-refractivity contribution < 1.29 is 29.0 Å². The van der Waals surface area contributed by atoms with Crippen LogP contribution in [0.3, 0.4) is 0 Å². The van der Waals surface area contributed by atoms with E-state index in [1.54, 1.807) is 0 Å². The number of aryl methyl sites for hydroxylation is 1. The summed E-state index contributed by atoms with van der Waals surface area (Å²) in [5.74, 6) is -0.230. The Kier molecular flexibility index (Phi) is 13.4. The number of piperidine rings is 1. The number of para-hydroxylation sites is 1. The molecular weight excluding hydrogens is 939 g/mol. The molecule has 4 aliphatic rings. The van der Waals surface area contributed by atoms with E-state index in [4.69, 9.17) is 14.8 Å². The van der Waals surface area contributed by atoms with Crippen LogP contribution in [-0.2, 0) is 29.6 Å². The molecule has 3 amide bonds. The number of imide groups is 1. The van der Waals surface area contributed by atoms with Crippen molar-refractivity contribution in [1.82, 2.24) is 30.0 Å². The number of thiazole rings is 1.